The molecule has 0 aromatic carbocycles. The molecule has 13 heteroatoms. The van der Waals surface area contributed by atoms with E-state index in [1.54, 1.807) is 0 Å². The minimum absolute atomic E-state index is 0.0392. The predicted octanol–water partition coefficient (Wildman–Crippen LogP) is -0.432. The Hall–Kier alpha value is -2.90. The molecule has 3 unspecified atom stereocenters. The van der Waals surface area contributed by atoms with E-state index in [9.17, 15) is 28.8 Å². The topological polar surface area (TPSA) is 239 Å². The van der Waals surface area contributed by atoms with E-state index in [0.717, 1.165) is 0 Å². The Labute approximate surface area is 190 Å². The second kappa shape index (κ2) is 16.7. The first-order chi connectivity index (χ1) is 15.4. The Morgan fingerprint density at radius 2 is 1.09 bits per heavy atom. The number of aliphatic carboxylic acids is 2. The van der Waals surface area contributed by atoms with Crippen molar-refractivity contribution < 1.29 is 48.5 Å². The summed E-state index contributed by atoms with van der Waals surface area (Å²) in [4.78, 5) is 67.6. The maximum atomic E-state index is 11.8. The quantitative estimate of drug-likeness (QED) is 0.102. The zero-order valence-corrected chi connectivity index (χ0v) is 18.4. The van der Waals surface area contributed by atoms with Gasteiger partial charge in [-0.3, -0.25) is 24.0 Å². The summed E-state index contributed by atoms with van der Waals surface area (Å²) in [6, 6.07) is -2.51. The van der Waals surface area contributed by atoms with Gasteiger partial charge in [0.15, 0.2) is 0 Å². The molecule has 0 rings (SSSR count). The van der Waals surface area contributed by atoms with E-state index in [0.29, 0.717) is 19.3 Å². The van der Waals surface area contributed by atoms with Crippen LogP contribution in [0.1, 0.15) is 70.6 Å². The minimum Gasteiger partial charge on any atom is -0.481 e. The summed E-state index contributed by atoms with van der Waals surface area (Å²) in [6.07, 6.45) is 0.663. The molecule has 0 aliphatic rings. The maximum absolute atomic E-state index is 11.8. The average molecular weight is 475 g/mol. The van der Waals surface area contributed by atoms with E-state index in [2.05, 4.69) is 9.47 Å². The van der Waals surface area contributed by atoms with Crippen LogP contribution in [-0.4, -0.2) is 64.2 Å². The molecule has 0 aromatic heterocycles. The van der Waals surface area contributed by atoms with Crippen molar-refractivity contribution in [2.75, 3.05) is 0 Å². The summed E-state index contributed by atoms with van der Waals surface area (Å²) in [5.74, 6) is -5.45. The lowest BCUT2D eigenvalue weighted by Gasteiger charge is -2.12. The standard InChI is InChI=1S/C20H33N3O10/c21-12(6-8-15(24)25)10-18(29)32-17(28)5-3-1-2-4-14(23)20(31)33-19(30)11-13(22)7-9-16(26)27/h12-14H,1-11,21-23H2,(H,24,25)(H,26,27). The summed E-state index contributed by atoms with van der Waals surface area (Å²) >= 11 is 0. The van der Waals surface area contributed by atoms with Gasteiger partial charge in [0.1, 0.15) is 6.04 Å². The largest absolute Gasteiger partial charge is 0.481 e. The van der Waals surface area contributed by atoms with Crippen LogP contribution >= 0.6 is 0 Å². The number of ether oxygens (including phenoxy) is 2. The van der Waals surface area contributed by atoms with E-state index in [4.69, 9.17) is 27.4 Å². The Balaban J connectivity index is 3.97. The number of hydrogen-bond donors (Lipinski definition) is 5. The highest BCUT2D eigenvalue weighted by atomic mass is 16.6. The molecule has 33 heavy (non-hydrogen) atoms. The number of carboxylic acid groups (broad SMARTS) is 2. The van der Waals surface area contributed by atoms with Crippen LogP contribution in [0, 0.1) is 0 Å². The summed E-state index contributed by atoms with van der Waals surface area (Å²) < 4.78 is 9.22. The van der Waals surface area contributed by atoms with E-state index in [1.165, 1.54) is 0 Å². The third-order valence-electron chi connectivity index (χ3n) is 4.46. The monoisotopic (exact) mass is 475 g/mol. The van der Waals surface area contributed by atoms with E-state index < -0.39 is 53.9 Å². The van der Waals surface area contributed by atoms with Crippen molar-refractivity contribution in [3.05, 3.63) is 0 Å². The van der Waals surface area contributed by atoms with Crippen LogP contribution in [0.3, 0.4) is 0 Å². The molecule has 0 saturated heterocycles. The van der Waals surface area contributed by atoms with Crippen LogP contribution in [0.2, 0.25) is 0 Å². The zero-order valence-electron chi connectivity index (χ0n) is 18.4. The highest BCUT2D eigenvalue weighted by molar-refractivity contribution is 5.88. The lowest BCUT2D eigenvalue weighted by molar-refractivity contribution is -0.162. The second-order valence-electron chi connectivity index (χ2n) is 7.64. The van der Waals surface area contributed by atoms with Crippen LogP contribution in [0.5, 0.6) is 0 Å². The summed E-state index contributed by atoms with van der Waals surface area (Å²) in [5, 5.41) is 17.1. The van der Waals surface area contributed by atoms with Crippen molar-refractivity contribution in [1.82, 2.24) is 0 Å². The molecule has 0 radical (unpaired) electrons. The highest BCUT2D eigenvalue weighted by Gasteiger charge is 2.21. The van der Waals surface area contributed by atoms with Gasteiger partial charge >= 0.3 is 35.8 Å². The Morgan fingerprint density at radius 3 is 1.58 bits per heavy atom. The number of carbonyl (C=O) groups is 6. The van der Waals surface area contributed by atoms with Crippen molar-refractivity contribution >= 4 is 35.8 Å². The molecular weight excluding hydrogens is 442 g/mol. The zero-order chi connectivity index (χ0) is 25.4. The first kappa shape index (κ1) is 30.1. The van der Waals surface area contributed by atoms with Crippen molar-refractivity contribution in [3.8, 4) is 0 Å². The molecule has 0 amide bonds. The van der Waals surface area contributed by atoms with Gasteiger partial charge in [-0.25, -0.2) is 4.79 Å². The number of hydrogen-bond acceptors (Lipinski definition) is 11. The molecule has 0 spiro atoms. The van der Waals surface area contributed by atoms with Crippen LogP contribution in [0.4, 0.5) is 0 Å². The smallest absolute Gasteiger partial charge is 0.330 e. The van der Waals surface area contributed by atoms with Gasteiger partial charge in [-0.2, -0.15) is 0 Å². The van der Waals surface area contributed by atoms with Crippen LogP contribution in [0.25, 0.3) is 0 Å². The van der Waals surface area contributed by atoms with Gasteiger partial charge in [-0.05, 0) is 25.7 Å². The van der Waals surface area contributed by atoms with Gasteiger partial charge in [0, 0.05) is 31.3 Å². The van der Waals surface area contributed by atoms with Gasteiger partial charge < -0.3 is 36.9 Å². The Bertz CT molecular complexity index is 698. The van der Waals surface area contributed by atoms with Gasteiger partial charge in [0.05, 0.1) is 12.8 Å². The maximum Gasteiger partial charge on any atom is 0.330 e. The molecule has 188 valence electrons. The Morgan fingerprint density at radius 1 is 0.606 bits per heavy atom. The first-order valence-corrected chi connectivity index (χ1v) is 10.6. The third kappa shape index (κ3) is 17.3. The number of rotatable bonds is 17. The van der Waals surface area contributed by atoms with Crippen molar-refractivity contribution in [1.29, 1.82) is 0 Å². The average Bonchev–Trinajstić information content (AvgIpc) is 2.69. The normalized spacial score (nSPS) is 13.4. The second-order valence-corrected chi connectivity index (χ2v) is 7.64. The minimum atomic E-state index is -1.05. The fraction of sp³-hybridized carbons (Fsp3) is 0.700. The van der Waals surface area contributed by atoms with Crippen molar-refractivity contribution in [3.63, 3.8) is 0 Å². The van der Waals surface area contributed by atoms with Crippen LogP contribution in [0.15, 0.2) is 0 Å². The summed E-state index contributed by atoms with van der Waals surface area (Å²) in [6.45, 7) is 0. The SMILES string of the molecule is NC(CCC(=O)O)CC(=O)OC(=O)CCCCCC(N)C(=O)OC(=O)CC(N)CCC(=O)O. The molecule has 13 nitrogen and oxygen atoms in total. The number of carboxylic acids is 2. The number of carbonyl (C=O) groups excluding carboxylic acids is 4. The molecule has 0 aliphatic heterocycles. The number of nitrogens with two attached hydrogens (primary N) is 3. The van der Waals surface area contributed by atoms with Gasteiger partial charge in [-0.15, -0.1) is 0 Å². The lowest BCUT2D eigenvalue weighted by atomic mass is 10.1. The highest BCUT2D eigenvalue weighted by Crippen LogP contribution is 2.09. The predicted molar refractivity (Wildman–Crippen MR) is 112 cm³/mol. The van der Waals surface area contributed by atoms with Crippen molar-refractivity contribution in [2.24, 2.45) is 17.2 Å². The molecule has 0 heterocycles. The van der Waals surface area contributed by atoms with E-state index in [-0.39, 0.29) is 51.4 Å². The molecule has 3 atom stereocenters. The number of esters is 4. The summed E-state index contributed by atoms with van der Waals surface area (Å²) in [5.41, 5.74) is 16.9. The lowest BCUT2D eigenvalue weighted by Crippen LogP contribution is -2.35. The molecule has 8 N–H and O–H groups in total. The molecule has 0 aliphatic carbocycles. The molecule has 0 bridgehead atoms. The third-order valence-corrected chi connectivity index (χ3v) is 4.46. The van der Waals surface area contributed by atoms with Gasteiger partial charge in [0.2, 0.25) is 0 Å². The van der Waals surface area contributed by atoms with Crippen LogP contribution < -0.4 is 17.2 Å². The molecular formula is C20H33N3O10. The molecule has 0 saturated carbocycles. The fourth-order valence-electron chi connectivity index (χ4n) is 2.63. The first-order valence-electron chi connectivity index (χ1n) is 10.6. The van der Waals surface area contributed by atoms with Crippen molar-refractivity contribution in [2.45, 2.75) is 88.8 Å². The summed E-state index contributed by atoms with van der Waals surface area (Å²) in [7, 11) is 0. The fourth-order valence-corrected chi connectivity index (χ4v) is 2.63. The van der Waals surface area contributed by atoms with Crippen LogP contribution in [-0.2, 0) is 38.2 Å². The number of unbranched alkanes of at least 4 members (excludes halogenated alkanes) is 2. The molecule has 0 aromatic rings. The van der Waals surface area contributed by atoms with E-state index >= 15 is 0 Å². The van der Waals surface area contributed by atoms with Gasteiger partial charge in [-0.1, -0.05) is 12.8 Å². The van der Waals surface area contributed by atoms with E-state index in [1.807, 2.05) is 0 Å². The van der Waals surface area contributed by atoms with Gasteiger partial charge in [0.25, 0.3) is 0 Å². The Kier molecular flexibility index (Phi) is 15.2. The molecule has 0 fully saturated rings.